The van der Waals surface area contributed by atoms with Gasteiger partial charge in [0.2, 0.25) is 0 Å². The van der Waals surface area contributed by atoms with Gasteiger partial charge in [-0.15, -0.1) is 0 Å². The van der Waals surface area contributed by atoms with Gasteiger partial charge in [-0.1, -0.05) is 0 Å². The van der Waals surface area contributed by atoms with Gasteiger partial charge < -0.3 is 0 Å². The van der Waals surface area contributed by atoms with Crippen LogP contribution in [0.2, 0.25) is 0 Å². The summed E-state index contributed by atoms with van der Waals surface area (Å²) >= 11 is 0. The third-order valence-corrected chi connectivity index (χ3v) is 0. The van der Waals surface area contributed by atoms with E-state index in [4.69, 9.17) is 0 Å². The van der Waals surface area contributed by atoms with Crippen LogP contribution in [0.1, 0.15) is 0 Å². The fourth-order valence-corrected chi connectivity index (χ4v) is 0. The average Bonchev–Trinajstić information content (AvgIpc) is 0. The first-order valence-corrected chi connectivity index (χ1v) is 0. The molecule has 0 saturated heterocycles. The van der Waals surface area contributed by atoms with Crippen LogP contribution < -0.4 is 0 Å². The predicted octanol–water partition coefficient (Wildman–Crippen LogP) is -0.0100. The van der Waals surface area contributed by atoms with Gasteiger partial charge in [0.1, 0.15) is 0 Å². The molecule has 0 aromatic heterocycles. The molecule has 2 radical (unpaired) electrons. The summed E-state index contributed by atoms with van der Waals surface area (Å²) in [5.41, 5.74) is 0. The molecule has 0 saturated carbocycles. The van der Waals surface area contributed by atoms with E-state index in [0.717, 1.165) is 0 Å². The first-order valence-electron chi connectivity index (χ1n) is 0. The van der Waals surface area contributed by atoms with Gasteiger partial charge in [-0.3, -0.25) is 0 Å². The Hall–Kier alpha value is 2.44. The van der Waals surface area contributed by atoms with E-state index >= 15 is 0 Å². The minimum absolute atomic E-state index is 0. The van der Waals surface area contributed by atoms with Crippen molar-refractivity contribution in [3.8, 4) is 0 Å². The standard InChI is InChI=1S/Au.Mn.Mo.Ni. The molecule has 0 unspecified atom stereocenters. The Labute approximate surface area is 76.0 Å². The summed E-state index contributed by atoms with van der Waals surface area (Å²) in [5, 5.41) is 0. The number of hydrogen-bond donors (Lipinski definition) is 0. The molecule has 4 heavy (non-hydrogen) atoms. The monoisotopic (exact) mass is 408 g/mol. The van der Waals surface area contributed by atoms with Gasteiger partial charge in [0, 0.05) is 77.0 Å². The van der Waals surface area contributed by atoms with Crippen LogP contribution >= 0.6 is 0 Å². The van der Waals surface area contributed by atoms with Gasteiger partial charge in [-0.05, 0) is 0 Å². The summed E-state index contributed by atoms with van der Waals surface area (Å²) in [6, 6.07) is 0. The molecule has 0 aromatic carbocycles. The first kappa shape index (κ1) is 32.0. The van der Waals surface area contributed by atoms with Crippen molar-refractivity contribution in [2.24, 2.45) is 0 Å². The molecule has 34 valence electrons. The molecule has 0 N–H and O–H groups in total. The maximum absolute atomic E-state index is 0. The van der Waals surface area contributed by atoms with Crippen LogP contribution in [0.5, 0.6) is 0 Å². The molecule has 0 bridgehead atoms. The van der Waals surface area contributed by atoms with Crippen LogP contribution in [-0.2, 0) is 77.0 Å². The summed E-state index contributed by atoms with van der Waals surface area (Å²) < 4.78 is 0. The first-order chi connectivity index (χ1) is 0. The van der Waals surface area contributed by atoms with Gasteiger partial charge >= 0.3 is 0 Å². The molecule has 0 aliphatic rings. The maximum atomic E-state index is 0. The smallest absolute Gasteiger partial charge is 0 e. The van der Waals surface area contributed by atoms with Crippen molar-refractivity contribution in [2.75, 3.05) is 0 Å². The quantitative estimate of drug-likeness (QED) is 0.497. The third kappa shape index (κ3) is 8.82. The molecular weight excluding hydrogens is 407 g/mol. The van der Waals surface area contributed by atoms with E-state index in [2.05, 4.69) is 0 Å². The minimum atomic E-state index is 0. The summed E-state index contributed by atoms with van der Waals surface area (Å²) in [4.78, 5) is 0. The maximum Gasteiger partial charge on any atom is 0 e. The molecule has 0 aliphatic carbocycles. The Morgan fingerprint density at radius 2 is 1.00 bits per heavy atom. The van der Waals surface area contributed by atoms with E-state index < -0.39 is 0 Å². The molecule has 0 nitrogen and oxygen atoms in total. The summed E-state index contributed by atoms with van der Waals surface area (Å²) in [5.74, 6) is 0. The van der Waals surface area contributed by atoms with Crippen molar-refractivity contribution in [1.82, 2.24) is 0 Å². The van der Waals surface area contributed by atoms with E-state index in [0.29, 0.717) is 0 Å². The van der Waals surface area contributed by atoms with E-state index in [9.17, 15) is 0 Å². The van der Waals surface area contributed by atoms with Crippen LogP contribution in [-0.4, -0.2) is 0 Å². The second kappa shape index (κ2) is 18.0. The average molecular weight is 407 g/mol. The third-order valence-electron chi connectivity index (χ3n) is 0. The zero-order valence-corrected chi connectivity index (χ0v) is 7.75. The second-order valence-electron chi connectivity index (χ2n) is 0. The number of rotatable bonds is 0. The Balaban J connectivity index is 0. The van der Waals surface area contributed by atoms with Crippen LogP contribution in [0.4, 0.5) is 0 Å². The molecule has 0 heterocycles. The van der Waals surface area contributed by atoms with Gasteiger partial charge in [-0.2, -0.15) is 0 Å². The number of hydrogen-bond acceptors (Lipinski definition) is 0. The van der Waals surface area contributed by atoms with Crippen molar-refractivity contribution < 1.29 is 77.0 Å². The Morgan fingerprint density at radius 1 is 1.00 bits per heavy atom. The fraction of sp³-hybridized carbons (Fsp3) is 0. The van der Waals surface area contributed by atoms with Gasteiger partial charge in [0.05, 0.1) is 0 Å². The van der Waals surface area contributed by atoms with E-state index in [1.165, 1.54) is 0 Å². The Morgan fingerprint density at radius 3 is 1.00 bits per heavy atom. The van der Waals surface area contributed by atoms with Crippen LogP contribution in [0.15, 0.2) is 0 Å². The molecule has 0 rings (SSSR count). The Kier molecular flexibility index (Phi) is 144. The minimum Gasteiger partial charge on any atom is 0 e. The van der Waals surface area contributed by atoms with E-state index in [1.54, 1.807) is 0 Å². The van der Waals surface area contributed by atoms with Crippen molar-refractivity contribution in [1.29, 1.82) is 0 Å². The zero-order valence-electron chi connectivity index (χ0n) is 1.40. The molecule has 4 heteroatoms. The van der Waals surface area contributed by atoms with Gasteiger partial charge in [0.15, 0.2) is 0 Å². The topological polar surface area (TPSA) is 0 Å². The molecule has 0 amide bonds. The van der Waals surface area contributed by atoms with E-state index in [1.807, 2.05) is 0 Å². The normalized spacial score (nSPS) is 0. The SMILES string of the molecule is [Au].[Mn].[Mo].[Ni]. The fourth-order valence-electron chi connectivity index (χ4n) is 0. The molecule has 0 aliphatic heterocycles. The van der Waals surface area contributed by atoms with Crippen LogP contribution in [0.3, 0.4) is 0 Å². The summed E-state index contributed by atoms with van der Waals surface area (Å²) in [6.07, 6.45) is 0. The largest absolute Gasteiger partial charge is 0 e. The van der Waals surface area contributed by atoms with Crippen LogP contribution in [0.25, 0.3) is 0 Å². The van der Waals surface area contributed by atoms with Crippen molar-refractivity contribution >= 4 is 0 Å². The zero-order chi connectivity index (χ0) is 0. The van der Waals surface area contributed by atoms with Gasteiger partial charge in [-0.25, -0.2) is 0 Å². The molecule has 0 spiro atoms. The van der Waals surface area contributed by atoms with Gasteiger partial charge in [0.25, 0.3) is 0 Å². The predicted molar refractivity (Wildman–Crippen MR) is 0 cm³/mol. The summed E-state index contributed by atoms with van der Waals surface area (Å²) in [6.45, 7) is 0. The molecular formula is AuMnMoNi. The van der Waals surface area contributed by atoms with Crippen LogP contribution in [0, 0.1) is 0 Å². The Bertz CT molecular complexity index is 8.00. The molecule has 0 fully saturated rings. The molecule has 0 aromatic rings. The summed E-state index contributed by atoms with van der Waals surface area (Å²) in [7, 11) is 0. The van der Waals surface area contributed by atoms with E-state index in [-0.39, 0.29) is 77.0 Å². The second-order valence-corrected chi connectivity index (χ2v) is 0. The van der Waals surface area contributed by atoms with Crippen molar-refractivity contribution in [3.63, 3.8) is 0 Å². The molecule has 0 atom stereocenters. The van der Waals surface area contributed by atoms with Crippen molar-refractivity contribution in [3.05, 3.63) is 0 Å². The van der Waals surface area contributed by atoms with Crippen molar-refractivity contribution in [2.45, 2.75) is 0 Å².